The Morgan fingerprint density at radius 2 is 2.00 bits per heavy atom. The Morgan fingerprint density at radius 3 is 2.75 bits per heavy atom. The minimum atomic E-state index is 0.422. The molecule has 0 amide bonds. The number of pyridine rings is 1. The van der Waals surface area contributed by atoms with Gasteiger partial charge in [-0.1, -0.05) is 24.6 Å². The maximum Gasteiger partial charge on any atom is 0.255 e. The summed E-state index contributed by atoms with van der Waals surface area (Å²) in [6.45, 7) is 6.27. The molecule has 0 atom stereocenters. The Bertz CT molecular complexity index is 882. The number of hydrogen-bond donors (Lipinski definition) is 0. The zero-order chi connectivity index (χ0) is 16.7. The van der Waals surface area contributed by atoms with Crippen LogP contribution in [-0.4, -0.2) is 37.7 Å². The second-order valence-corrected chi connectivity index (χ2v) is 6.77. The molecule has 0 saturated carbocycles. The molecule has 1 aliphatic heterocycles. The lowest BCUT2D eigenvalue weighted by Gasteiger charge is -2.33. The van der Waals surface area contributed by atoms with E-state index < -0.39 is 0 Å². The zero-order valence-corrected chi connectivity index (χ0v) is 14.5. The standard InChI is InChI=1S/C17H19ClN6/c1-11-5-8-23(9-6-11)16-13(14-12(2)4-3-7-19-14)15(18)22-17-20-10-21-24(16)17/h3-4,7,10-11H,5-6,8-9H2,1-2H3. The SMILES string of the molecule is Cc1cccnc1-c1c(Cl)nc2ncnn2c1N1CCC(C)CC1. The molecule has 0 aromatic carbocycles. The molecule has 1 aliphatic rings. The number of aryl methyl sites for hydroxylation is 1. The highest BCUT2D eigenvalue weighted by molar-refractivity contribution is 6.32. The number of halogens is 1. The van der Waals surface area contributed by atoms with Gasteiger partial charge >= 0.3 is 0 Å². The third kappa shape index (κ3) is 2.51. The van der Waals surface area contributed by atoms with E-state index in [0.717, 1.165) is 54.5 Å². The van der Waals surface area contributed by atoms with Crippen molar-refractivity contribution in [2.45, 2.75) is 26.7 Å². The lowest BCUT2D eigenvalue weighted by atomic mass is 9.98. The summed E-state index contributed by atoms with van der Waals surface area (Å²) in [6.07, 6.45) is 5.60. The van der Waals surface area contributed by atoms with E-state index in [1.54, 1.807) is 10.7 Å². The van der Waals surface area contributed by atoms with Crippen molar-refractivity contribution < 1.29 is 0 Å². The first kappa shape index (κ1) is 15.3. The summed E-state index contributed by atoms with van der Waals surface area (Å²) in [6, 6.07) is 3.96. The second kappa shape index (κ2) is 6.02. The van der Waals surface area contributed by atoms with Gasteiger partial charge in [-0.3, -0.25) is 4.98 Å². The average Bonchev–Trinajstić information content (AvgIpc) is 3.03. The molecule has 3 aromatic heterocycles. The molecule has 0 aliphatic carbocycles. The van der Waals surface area contributed by atoms with E-state index in [1.165, 1.54) is 6.33 Å². The minimum Gasteiger partial charge on any atom is -0.356 e. The second-order valence-electron chi connectivity index (χ2n) is 6.41. The van der Waals surface area contributed by atoms with Crippen molar-refractivity contribution in [2.75, 3.05) is 18.0 Å². The van der Waals surface area contributed by atoms with Crippen LogP contribution in [0.2, 0.25) is 5.15 Å². The molecule has 0 spiro atoms. The molecule has 0 unspecified atom stereocenters. The molecule has 0 radical (unpaired) electrons. The van der Waals surface area contributed by atoms with Gasteiger partial charge in [0.25, 0.3) is 5.78 Å². The summed E-state index contributed by atoms with van der Waals surface area (Å²) in [7, 11) is 0. The maximum absolute atomic E-state index is 6.56. The molecule has 0 N–H and O–H groups in total. The molecular formula is C17H19ClN6. The molecule has 1 fully saturated rings. The first-order chi connectivity index (χ1) is 11.6. The van der Waals surface area contributed by atoms with Crippen LogP contribution in [0.15, 0.2) is 24.7 Å². The van der Waals surface area contributed by atoms with Crippen molar-refractivity contribution in [3.05, 3.63) is 35.4 Å². The van der Waals surface area contributed by atoms with Crippen LogP contribution in [0.4, 0.5) is 5.82 Å². The Morgan fingerprint density at radius 1 is 1.21 bits per heavy atom. The van der Waals surface area contributed by atoms with Crippen molar-refractivity contribution in [1.29, 1.82) is 0 Å². The largest absolute Gasteiger partial charge is 0.356 e. The summed E-state index contributed by atoms with van der Waals surface area (Å²) in [4.78, 5) is 15.5. The normalized spacial score (nSPS) is 16.0. The van der Waals surface area contributed by atoms with Gasteiger partial charge in [-0.25, -0.2) is 0 Å². The maximum atomic E-state index is 6.56. The number of hydrogen-bond acceptors (Lipinski definition) is 5. The fraction of sp³-hybridized carbons (Fsp3) is 0.412. The molecule has 3 aromatic rings. The summed E-state index contributed by atoms with van der Waals surface area (Å²) in [5, 5.41) is 4.81. The van der Waals surface area contributed by atoms with Crippen molar-refractivity contribution >= 4 is 23.2 Å². The monoisotopic (exact) mass is 342 g/mol. The van der Waals surface area contributed by atoms with E-state index in [9.17, 15) is 0 Å². The highest BCUT2D eigenvalue weighted by atomic mass is 35.5. The van der Waals surface area contributed by atoms with Gasteiger partial charge in [0.15, 0.2) is 0 Å². The first-order valence-electron chi connectivity index (χ1n) is 8.21. The van der Waals surface area contributed by atoms with Crippen LogP contribution in [0.5, 0.6) is 0 Å². The van der Waals surface area contributed by atoms with E-state index in [-0.39, 0.29) is 0 Å². The molecule has 1 saturated heterocycles. The van der Waals surface area contributed by atoms with Crippen molar-refractivity contribution in [2.24, 2.45) is 5.92 Å². The molecule has 24 heavy (non-hydrogen) atoms. The highest BCUT2D eigenvalue weighted by Gasteiger charge is 2.26. The lowest BCUT2D eigenvalue weighted by molar-refractivity contribution is 0.435. The van der Waals surface area contributed by atoms with Crippen LogP contribution in [0, 0.1) is 12.8 Å². The van der Waals surface area contributed by atoms with E-state index in [0.29, 0.717) is 10.9 Å². The summed E-state index contributed by atoms with van der Waals surface area (Å²) >= 11 is 6.56. The van der Waals surface area contributed by atoms with Gasteiger partial charge in [-0.15, -0.1) is 0 Å². The molecule has 124 valence electrons. The molecule has 4 heterocycles. The van der Waals surface area contributed by atoms with E-state index in [4.69, 9.17) is 11.6 Å². The van der Waals surface area contributed by atoms with Crippen LogP contribution < -0.4 is 4.90 Å². The van der Waals surface area contributed by atoms with Gasteiger partial charge in [-0.05, 0) is 37.3 Å². The number of fused-ring (bicyclic) bond motifs is 1. The summed E-state index contributed by atoms with van der Waals surface area (Å²) in [5.41, 5.74) is 2.75. The van der Waals surface area contributed by atoms with Crippen LogP contribution >= 0.6 is 11.6 Å². The highest BCUT2D eigenvalue weighted by Crippen LogP contribution is 2.37. The van der Waals surface area contributed by atoms with Crippen LogP contribution in [0.25, 0.3) is 17.0 Å². The van der Waals surface area contributed by atoms with Gasteiger partial charge in [0.05, 0.1) is 11.3 Å². The number of aromatic nitrogens is 5. The molecule has 7 heteroatoms. The van der Waals surface area contributed by atoms with Crippen LogP contribution in [0.1, 0.15) is 25.3 Å². The Hall–Kier alpha value is -2.21. The number of nitrogens with zero attached hydrogens (tertiary/aromatic N) is 6. The van der Waals surface area contributed by atoms with Crippen molar-refractivity contribution in [3.8, 4) is 11.3 Å². The predicted octanol–water partition coefficient (Wildman–Crippen LogP) is 3.38. The first-order valence-corrected chi connectivity index (χ1v) is 8.59. The summed E-state index contributed by atoms with van der Waals surface area (Å²) < 4.78 is 1.78. The van der Waals surface area contributed by atoms with E-state index in [2.05, 4.69) is 31.9 Å². The Kier molecular flexibility index (Phi) is 3.84. The van der Waals surface area contributed by atoms with Crippen LogP contribution in [0.3, 0.4) is 0 Å². The average molecular weight is 343 g/mol. The van der Waals surface area contributed by atoms with E-state index in [1.807, 2.05) is 19.1 Å². The van der Waals surface area contributed by atoms with Gasteiger partial charge in [0.2, 0.25) is 0 Å². The number of piperidine rings is 1. The third-order valence-electron chi connectivity index (χ3n) is 4.69. The fourth-order valence-electron chi connectivity index (χ4n) is 3.27. The predicted molar refractivity (Wildman–Crippen MR) is 94.4 cm³/mol. The molecule has 0 bridgehead atoms. The fourth-order valence-corrected chi connectivity index (χ4v) is 3.52. The Balaban J connectivity index is 1.97. The molecule has 6 nitrogen and oxygen atoms in total. The van der Waals surface area contributed by atoms with Crippen LogP contribution in [-0.2, 0) is 0 Å². The number of rotatable bonds is 2. The minimum absolute atomic E-state index is 0.422. The van der Waals surface area contributed by atoms with Gasteiger partial charge in [0, 0.05) is 19.3 Å². The van der Waals surface area contributed by atoms with Crippen molar-refractivity contribution in [1.82, 2.24) is 24.6 Å². The smallest absolute Gasteiger partial charge is 0.255 e. The zero-order valence-electron chi connectivity index (χ0n) is 13.8. The number of anilines is 1. The summed E-state index contributed by atoms with van der Waals surface area (Å²) in [5.74, 6) is 2.20. The molecule has 4 rings (SSSR count). The van der Waals surface area contributed by atoms with E-state index >= 15 is 0 Å². The van der Waals surface area contributed by atoms with Gasteiger partial charge in [0.1, 0.15) is 17.3 Å². The van der Waals surface area contributed by atoms with Gasteiger partial charge < -0.3 is 4.90 Å². The lowest BCUT2D eigenvalue weighted by Crippen LogP contribution is -2.35. The molecular weight excluding hydrogens is 324 g/mol. The topological polar surface area (TPSA) is 59.2 Å². The van der Waals surface area contributed by atoms with Gasteiger partial charge in [-0.2, -0.15) is 19.6 Å². The van der Waals surface area contributed by atoms with Crippen molar-refractivity contribution in [3.63, 3.8) is 0 Å². The quantitative estimate of drug-likeness (QED) is 0.668. The Labute approximate surface area is 145 Å². The third-order valence-corrected chi connectivity index (χ3v) is 4.96.